The molecule has 3 unspecified atom stereocenters. The smallest absolute Gasteiger partial charge is 0.311 e. The third kappa shape index (κ3) is 17.7. The molecule has 0 aliphatic rings. The van der Waals surface area contributed by atoms with E-state index in [0.717, 1.165) is 12.8 Å². The van der Waals surface area contributed by atoms with Gasteiger partial charge in [0.15, 0.2) is 0 Å². The number of unbranched alkanes of at least 4 members (excludes halogenated alkanes) is 1. The Morgan fingerprint density at radius 3 is 1.38 bits per heavy atom. The number of carboxylic acids is 1. The van der Waals surface area contributed by atoms with E-state index >= 15 is 0 Å². The van der Waals surface area contributed by atoms with Gasteiger partial charge in [-0.15, -0.1) is 0 Å². The summed E-state index contributed by atoms with van der Waals surface area (Å²) < 4.78 is 15.6. The fraction of sp³-hybridized carbons (Fsp3) is 0.879. The van der Waals surface area contributed by atoms with Crippen molar-refractivity contribution in [1.29, 1.82) is 0 Å². The molecule has 0 aromatic heterocycles. The molecule has 0 saturated carbocycles. The fourth-order valence-electron chi connectivity index (χ4n) is 4.60. The quantitative estimate of drug-likeness (QED) is 0.0989. The first-order valence-corrected chi connectivity index (χ1v) is 11.8. The van der Waals surface area contributed by atoms with Crippen molar-refractivity contribution in [3.05, 3.63) is 0 Å². The lowest BCUT2D eigenvalue weighted by Gasteiger charge is -2.42. The SMILES string of the molecule is C.C.C.C.C.C.C.C.CCCCOC(=O)C(C)(C)CC(C)(CC(C)(CC(C)(CC)C(=O)O)C(=O)OCCO)C(=O)OC. The third-order valence-corrected chi connectivity index (χ3v) is 6.47. The first kappa shape index (κ1) is 63.2. The summed E-state index contributed by atoms with van der Waals surface area (Å²) in [6.45, 7) is 11.3. The van der Waals surface area contributed by atoms with E-state index in [0.29, 0.717) is 0 Å². The Labute approximate surface area is 262 Å². The predicted octanol–water partition coefficient (Wildman–Crippen LogP) is 8.84. The van der Waals surface area contributed by atoms with Gasteiger partial charge in [0.2, 0.25) is 0 Å². The standard InChI is InChI=1S/C25H44O9.8CH4/c1-9-11-13-33-19(29)22(3,4)15-24(6,20(30)32-8)17-25(7,21(31)34-14-12-26)16-23(5,10-2)18(27)28;;;;;;;;/h26H,9-17H2,1-8H3,(H,27,28);8*1H4. The van der Waals surface area contributed by atoms with Gasteiger partial charge in [0.25, 0.3) is 0 Å². The molecule has 3 atom stereocenters. The minimum atomic E-state index is -1.41. The van der Waals surface area contributed by atoms with Crippen LogP contribution in [0.25, 0.3) is 0 Å². The number of aliphatic carboxylic acids is 1. The van der Waals surface area contributed by atoms with Crippen LogP contribution in [0.1, 0.15) is 146 Å². The third-order valence-electron chi connectivity index (χ3n) is 6.47. The number of carbonyl (C=O) groups is 4. The van der Waals surface area contributed by atoms with Gasteiger partial charge in [0.05, 0.1) is 42.0 Å². The second-order valence-corrected chi connectivity index (χ2v) is 10.6. The van der Waals surface area contributed by atoms with Gasteiger partial charge in [0.1, 0.15) is 6.61 Å². The molecule has 2 N–H and O–H groups in total. The average molecular weight is 617 g/mol. The average Bonchev–Trinajstić information content (AvgIpc) is 2.75. The van der Waals surface area contributed by atoms with Gasteiger partial charge in [-0.1, -0.05) is 79.7 Å². The minimum Gasteiger partial charge on any atom is -0.481 e. The van der Waals surface area contributed by atoms with Crippen molar-refractivity contribution in [2.45, 2.75) is 146 Å². The van der Waals surface area contributed by atoms with Crippen molar-refractivity contribution in [2.75, 3.05) is 26.9 Å². The molecule has 0 heterocycles. The molecule has 0 radical (unpaired) electrons. The maximum Gasteiger partial charge on any atom is 0.311 e. The van der Waals surface area contributed by atoms with Crippen LogP contribution in [0.3, 0.4) is 0 Å². The monoisotopic (exact) mass is 617 g/mol. The van der Waals surface area contributed by atoms with Crippen molar-refractivity contribution in [3.8, 4) is 0 Å². The first-order chi connectivity index (χ1) is 15.6. The molecule has 9 nitrogen and oxygen atoms in total. The van der Waals surface area contributed by atoms with Crippen molar-refractivity contribution >= 4 is 23.9 Å². The molecule has 0 saturated heterocycles. The van der Waals surface area contributed by atoms with Gasteiger partial charge in [-0.25, -0.2) is 0 Å². The lowest BCUT2D eigenvalue weighted by molar-refractivity contribution is -0.170. The van der Waals surface area contributed by atoms with Crippen molar-refractivity contribution in [1.82, 2.24) is 0 Å². The summed E-state index contributed by atoms with van der Waals surface area (Å²) in [4.78, 5) is 50.9. The summed E-state index contributed by atoms with van der Waals surface area (Å²) >= 11 is 0. The molecule has 0 aromatic rings. The van der Waals surface area contributed by atoms with Crippen LogP contribution in [0.2, 0.25) is 0 Å². The molecule has 0 spiro atoms. The lowest BCUT2D eigenvalue weighted by atomic mass is 9.61. The highest BCUT2D eigenvalue weighted by Gasteiger charge is 2.53. The number of carboxylic acid groups (broad SMARTS) is 1. The van der Waals surface area contributed by atoms with Crippen molar-refractivity contribution in [2.24, 2.45) is 21.7 Å². The molecule has 0 bridgehead atoms. The number of aliphatic hydroxyl groups is 1. The van der Waals surface area contributed by atoms with E-state index in [-0.39, 0.29) is 98.3 Å². The Bertz CT molecular complexity index is 720. The molecular weight excluding hydrogens is 540 g/mol. The maximum atomic E-state index is 13.1. The highest BCUT2D eigenvalue weighted by Crippen LogP contribution is 2.49. The zero-order valence-corrected chi connectivity index (χ0v) is 22.1. The number of ether oxygens (including phenoxy) is 3. The molecule has 0 rings (SSSR count). The largest absolute Gasteiger partial charge is 0.481 e. The van der Waals surface area contributed by atoms with Gasteiger partial charge in [-0.05, 0) is 66.7 Å². The van der Waals surface area contributed by atoms with Crippen LogP contribution < -0.4 is 0 Å². The van der Waals surface area contributed by atoms with E-state index < -0.39 is 52.1 Å². The molecule has 42 heavy (non-hydrogen) atoms. The molecule has 0 fully saturated rings. The fourth-order valence-corrected chi connectivity index (χ4v) is 4.60. The number of esters is 3. The van der Waals surface area contributed by atoms with Gasteiger partial charge in [-0.2, -0.15) is 0 Å². The molecule has 0 amide bonds. The zero-order valence-electron chi connectivity index (χ0n) is 22.1. The summed E-state index contributed by atoms with van der Waals surface area (Å²) in [5.41, 5.74) is -5.09. The Morgan fingerprint density at radius 1 is 0.619 bits per heavy atom. The first-order valence-electron chi connectivity index (χ1n) is 11.8. The maximum absolute atomic E-state index is 13.1. The van der Waals surface area contributed by atoms with Crippen LogP contribution in [0.15, 0.2) is 0 Å². The Morgan fingerprint density at radius 2 is 1.02 bits per heavy atom. The summed E-state index contributed by atoms with van der Waals surface area (Å²) in [6.07, 6.45) is 1.61. The number of methoxy groups -OCH3 is 1. The molecule has 0 aliphatic heterocycles. The highest BCUT2D eigenvalue weighted by molar-refractivity contribution is 5.83. The van der Waals surface area contributed by atoms with E-state index in [9.17, 15) is 24.3 Å². The van der Waals surface area contributed by atoms with Gasteiger partial charge < -0.3 is 24.4 Å². The molecule has 0 aliphatic carbocycles. The lowest BCUT2D eigenvalue weighted by Crippen LogP contribution is -2.47. The van der Waals surface area contributed by atoms with Crippen molar-refractivity contribution < 1.29 is 43.6 Å². The number of hydrogen-bond donors (Lipinski definition) is 2. The minimum absolute atomic E-state index is 0. The number of carbonyl (C=O) groups excluding carboxylic acids is 3. The Kier molecular flexibility index (Phi) is 39.8. The Hall–Kier alpha value is -2.16. The van der Waals surface area contributed by atoms with E-state index in [2.05, 4.69) is 0 Å². The van der Waals surface area contributed by atoms with Gasteiger partial charge in [-0.3, -0.25) is 19.2 Å². The topological polar surface area (TPSA) is 136 Å². The van der Waals surface area contributed by atoms with Crippen LogP contribution in [0.4, 0.5) is 0 Å². The number of hydrogen-bond acceptors (Lipinski definition) is 8. The highest BCUT2D eigenvalue weighted by atomic mass is 16.5. The zero-order chi connectivity index (χ0) is 26.8. The van der Waals surface area contributed by atoms with Crippen LogP contribution in [-0.2, 0) is 33.4 Å². The normalized spacial score (nSPS) is 13.7. The molecular formula is C33H76O9. The van der Waals surface area contributed by atoms with E-state index in [1.165, 1.54) is 14.0 Å². The van der Waals surface area contributed by atoms with Crippen LogP contribution in [0.5, 0.6) is 0 Å². The summed E-state index contributed by atoms with van der Waals surface area (Å²) in [6, 6.07) is 0. The summed E-state index contributed by atoms with van der Waals surface area (Å²) in [5.74, 6) is -2.89. The summed E-state index contributed by atoms with van der Waals surface area (Å²) in [7, 11) is 1.22. The predicted molar refractivity (Wildman–Crippen MR) is 180 cm³/mol. The van der Waals surface area contributed by atoms with E-state index in [1.807, 2.05) is 6.92 Å². The number of rotatable bonds is 16. The molecule has 0 aromatic carbocycles. The molecule has 9 heteroatoms. The summed E-state index contributed by atoms with van der Waals surface area (Å²) in [5, 5.41) is 18.9. The van der Waals surface area contributed by atoms with Crippen molar-refractivity contribution in [3.63, 3.8) is 0 Å². The van der Waals surface area contributed by atoms with Gasteiger partial charge in [0, 0.05) is 0 Å². The van der Waals surface area contributed by atoms with Crippen LogP contribution in [0, 0.1) is 21.7 Å². The molecule has 262 valence electrons. The van der Waals surface area contributed by atoms with E-state index in [4.69, 9.17) is 19.3 Å². The van der Waals surface area contributed by atoms with Gasteiger partial charge >= 0.3 is 23.9 Å². The number of aliphatic hydroxyl groups excluding tert-OH is 1. The Balaban J connectivity index is -0.000000194. The second-order valence-electron chi connectivity index (χ2n) is 10.6. The second kappa shape index (κ2) is 26.5. The van der Waals surface area contributed by atoms with Crippen LogP contribution >= 0.6 is 0 Å². The van der Waals surface area contributed by atoms with Crippen LogP contribution in [-0.4, -0.2) is 61.0 Å². The van der Waals surface area contributed by atoms with E-state index in [1.54, 1.807) is 34.6 Å².